The molecule has 0 radical (unpaired) electrons. The summed E-state index contributed by atoms with van der Waals surface area (Å²) in [6.07, 6.45) is 4.44. The van der Waals surface area contributed by atoms with E-state index in [1.54, 1.807) is 6.20 Å². The van der Waals surface area contributed by atoms with Crippen molar-refractivity contribution < 1.29 is 4.74 Å². The number of hydrogen-bond acceptors (Lipinski definition) is 3. The van der Waals surface area contributed by atoms with Crippen molar-refractivity contribution in [2.75, 3.05) is 0 Å². The maximum Gasteiger partial charge on any atom is 0.157 e. The van der Waals surface area contributed by atoms with E-state index in [9.17, 15) is 0 Å². The highest BCUT2D eigenvalue weighted by molar-refractivity contribution is 6.31. The molecule has 2 rings (SSSR count). The van der Waals surface area contributed by atoms with Gasteiger partial charge in [0.05, 0.1) is 28.8 Å². The van der Waals surface area contributed by atoms with E-state index in [4.69, 9.17) is 16.3 Å². The van der Waals surface area contributed by atoms with Gasteiger partial charge < -0.3 is 4.74 Å². The molecular weight excluding hydrogens is 276 g/mol. The summed E-state index contributed by atoms with van der Waals surface area (Å²) in [6.45, 7) is 9.43. The third-order valence-electron chi connectivity index (χ3n) is 3.18. The summed E-state index contributed by atoms with van der Waals surface area (Å²) >= 11 is 6.35. The highest BCUT2D eigenvalue weighted by Crippen LogP contribution is 2.23. The van der Waals surface area contributed by atoms with E-state index in [0.29, 0.717) is 17.7 Å². The predicted molar refractivity (Wildman–Crippen MR) is 79.2 cm³/mol. The second-order valence-electron chi connectivity index (χ2n) is 4.92. The lowest BCUT2D eigenvalue weighted by molar-refractivity contribution is 0.292. The van der Waals surface area contributed by atoms with Crippen LogP contribution < -0.4 is 4.74 Å². The smallest absolute Gasteiger partial charge is 0.157 e. The second-order valence-corrected chi connectivity index (χ2v) is 5.29. The predicted octanol–water partition coefficient (Wildman–Crippen LogP) is 3.48. The molecule has 2 aromatic rings. The van der Waals surface area contributed by atoms with Gasteiger partial charge in [-0.1, -0.05) is 18.5 Å². The first kappa shape index (κ1) is 14.9. The fourth-order valence-corrected chi connectivity index (χ4v) is 2.31. The minimum Gasteiger partial charge on any atom is -0.484 e. The topological polar surface area (TPSA) is 44.9 Å². The Morgan fingerprint density at radius 3 is 2.65 bits per heavy atom. The molecule has 0 bridgehead atoms. The molecule has 0 aromatic carbocycles. The lowest BCUT2D eigenvalue weighted by atomic mass is 10.3. The van der Waals surface area contributed by atoms with Gasteiger partial charge in [0.2, 0.25) is 0 Å². The van der Waals surface area contributed by atoms with Crippen molar-refractivity contribution in [3.05, 3.63) is 28.8 Å². The van der Waals surface area contributed by atoms with Gasteiger partial charge in [-0.2, -0.15) is 10.2 Å². The van der Waals surface area contributed by atoms with Crippen LogP contribution in [0.15, 0.2) is 12.4 Å². The number of aryl methyl sites for hydroxylation is 2. The van der Waals surface area contributed by atoms with Gasteiger partial charge in [-0.05, 0) is 27.2 Å². The molecule has 2 aromatic heterocycles. The van der Waals surface area contributed by atoms with Crippen LogP contribution in [0.5, 0.6) is 5.75 Å². The highest BCUT2D eigenvalue weighted by atomic mass is 35.5. The van der Waals surface area contributed by atoms with Gasteiger partial charge in [-0.3, -0.25) is 9.36 Å². The van der Waals surface area contributed by atoms with Crippen LogP contribution in [-0.4, -0.2) is 19.6 Å². The van der Waals surface area contributed by atoms with E-state index in [-0.39, 0.29) is 0 Å². The quantitative estimate of drug-likeness (QED) is 0.820. The van der Waals surface area contributed by atoms with E-state index >= 15 is 0 Å². The maximum absolute atomic E-state index is 6.35. The summed E-state index contributed by atoms with van der Waals surface area (Å²) < 4.78 is 9.54. The Morgan fingerprint density at radius 2 is 2.10 bits per heavy atom. The van der Waals surface area contributed by atoms with Crippen LogP contribution in [0.4, 0.5) is 0 Å². The van der Waals surface area contributed by atoms with Crippen LogP contribution >= 0.6 is 11.6 Å². The fourth-order valence-electron chi connectivity index (χ4n) is 1.98. The maximum atomic E-state index is 6.35. The molecule has 0 aliphatic carbocycles. The minimum absolute atomic E-state index is 0.323. The summed E-state index contributed by atoms with van der Waals surface area (Å²) in [7, 11) is 0. The third-order valence-corrected chi connectivity index (χ3v) is 3.61. The van der Waals surface area contributed by atoms with Crippen molar-refractivity contribution >= 4 is 11.6 Å². The van der Waals surface area contributed by atoms with Crippen LogP contribution in [0.3, 0.4) is 0 Å². The number of hydrogen-bond donors (Lipinski definition) is 0. The molecule has 0 unspecified atom stereocenters. The summed E-state index contributed by atoms with van der Waals surface area (Å²) in [5.74, 6) is 0.747. The third kappa shape index (κ3) is 2.98. The molecule has 0 amide bonds. The first-order valence-corrected chi connectivity index (χ1v) is 7.35. The first-order chi connectivity index (χ1) is 9.56. The largest absolute Gasteiger partial charge is 0.484 e. The van der Waals surface area contributed by atoms with Crippen molar-refractivity contribution in [1.82, 2.24) is 19.6 Å². The van der Waals surface area contributed by atoms with E-state index in [2.05, 4.69) is 24.0 Å². The minimum atomic E-state index is 0.323. The Bertz CT molecular complexity index is 574. The zero-order valence-electron chi connectivity index (χ0n) is 12.4. The highest BCUT2D eigenvalue weighted by Gasteiger charge is 2.15. The lowest BCUT2D eigenvalue weighted by Gasteiger charge is -2.07. The van der Waals surface area contributed by atoms with Crippen molar-refractivity contribution in [3.8, 4) is 5.75 Å². The van der Waals surface area contributed by atoms with E-state index in [0.717, 1.165) is 30.1 Å². The summed E-state index contributed by atoms with van der Waals surface area (Å²) in [6, 6.07) is 0.323. The standard InChI is InChI=1S/C14H21ClN4O/c1-5-12-14(15)13(18(6-2)17-12)9-20-11-7-16-19(8-11)10(3)4/h7-8,10H,5-6,9H2,1-4H3. The van der Waals surface area contributed by atoms with Crippen LogP contribution in [0.25, 0.3) is 0 Å². The number of ether oxygens (including phenoxy) is 1. The van der Waals surface area contributed by atoms with Gasteiger partial charge >= 0.3 is 0 Å². The van der Waals surface area contributed by atoms with Crippen LogP contribution in [-0.2, 0) is 19.6 Å². The van der Waals surface area contributed by atoms with Gasteiger partial charge in [0.15, 0.2) is 5.75 Å². The van der Waals surface area contributed by atoms with E-state index < -0.39 is 0 Å². The van der Waals surface area contributed by atoms with Gasteiger partial charge in [-0.25, -0.2) is 0 Å². The zero-order valence-corrected chi connectivity index (χ0v) is 13.2. The Morgan fingerprint density at radius 1 is 1.35 bits per heavy atom. The first-order valence-electron chi connectivity index (χ1n) is 6.97. The lowest BCUT2D eigenvalue weighted by Crippen LogP contribution is -2.06. The fraction of sp³-hybridized carbons (Fsp3) is 0.571. The van der Waals surface area contributed by atoms with Crippen LogP contribution in [0.2, 0.25) is 5.02 Å². The Hall–Kier alpha value is -1.49. The molecule has 0 N–H and O–H groups in total. The molecule has 0 fully saturated rings. The number of aromatic nitrogens is 4. The molecule has 2 heterocycles. The Balaban J connectivity index is 2.11. The Labute approximate surface area is 124 Å². The molecule has 20 heavy (non-hydrogen) atoms. The molecule has 5 nitrogen and oxygen atoms in total. The summed E-state index contributed by atoms with van der Waals surface area (Å²) in [5, 5.41) is 9.44. The SMILES string of the molecule is CCc1nn(CC)c(COc2cnn(C(C)C)c2)c1Cl. The van der Waals surface area contributed by atoms with Gasteiger partial charge in [0.1, 0.15) is 6.61 Å². The molecule has 0 atom stereocenters. The molecule has 110 valence electrons. The van der Waals surface area contributed by atoms with Gasteiger partial charge in [0.25, 0.3) is 0 Å². The molecule has 0 aliphatic heterocycles. The van der Waals surface area contributed by atoms with E-state index in [1.165, 1.54) is 0 Å². The second kappa shape index (κ2) is 6.31. The Kier molecular flexibility index (Phi) is 4.70. The van der Waals surface area contributed by atoms with Crippen molar-refractivity contribution in [2.45, 2.75) is 53.3 Å². The van der Waals surface area contributed by atoms with Gasteiger partial charge in [-0.15, -0.1) is 0 Å². The summed E-state index contributed by atoms with van der Waals surface area (Å²) in [5.41, 5.74) is 1.84. The van der Waals surface area contributed by atoms with Crippen molar-refractivity contribution in [1.29, 1.82) is 0 Å². The number of nitrogens with zero attached hydrogens (tertiary/aromatic N) is 4. The monoisotopic (exact) mass is 296 g/mol. The van der Waals surface area contributed by atoms with E-state index in [1.807, 2.05) is 29.4 Å². The summed E-state index contributed by atoms with van der Waals surface area (Å²) in [4.78, 5) is 0. The van der Waals surface area contributed by atoms with Crippen LogP contribution in [0.1, 0.15) is 45.1 Å². The number of halogens is 1. The van der Waals surface area contributed by atoms with Crippen molar-refractivity contribution in [2.24, 2.45) is 0 Å². The molecule has 0 spiro atoms. The van der Waals surface area contributed by atoms with Gasteiger partial charge in [0, 0.05) is 12.6 Å². The number of rotatable bonds is 6. The molecule has 0 saturated heterocycles. The molecule has 6 heteroatoms. The molecule has 0 saturated carbocycles. The normalized spacial score (nSPS) is 11.3. The average molecular weight is 297 g/mol. The average Bonchev–Trinajstić information content (AvgIpc) is 3.01. The zero-order chi connectivity index (χ0) is 14.7. The van der Waals surface area contributed by atoms with Crippen LogP contribution in [0, 0.1) is 0 Å². The van der Waals surface area contributed by atoms with Crippen molar-refractivity contribution in [3.63, 3.8) is 0 Å². The molecule has 0 aliphatic rings. The molecular formula is C14H21ClN4O.